The van der Waals surface area contributed by atoms with Crippen molar-refractivity contribution in [3.05, 3.63) is 68.4 Å². The Morgan fingerprint density at radius 2 is 1.79 bits per heavy atom. The highest BCUT2D eigenvalue weighted by atomic mass is 35.5. The number of hydrogen-bond donors (Lipinski definition) is 0. The molecule has 0 bridgehead atoms. The molecule has 3 aromatic rings. The van der Waals surface area contributed by atoms with Crippen molar-refractivity contribution >= 4 is 34.8 Å². The number of hydrogen-bond acceptors (Lipinski definition) is 3. The van der Waals surface area contributed by atoms with Crippen molar-refractivity contribution in [3.63, 3.8) is 0 Å². The quantitative estimate of drug-likeness (QED) is 0.384. The molecule has 2 saturated carbocycles. The Balaban J connectivity index is 1.44. The van der Waals surface area contributed by atoms with Gasteiger partial charge >= 0.3 is 0 Å². The van der Waals surface area contributed by atoms with E-state index in [-0.39, 0.29) is 0 Å². The number of ether oxygens (including phenoxy) is 1. The third-order valence-electron chi connectivity index (χ3n) is 5.83. The number of halogens is 3. The van der Waals surface area contributed by atoms with Gasteiger partial charge in [0, 0.05) is 16.5 Å². The topological polar surface area (TPSA) is 35.3 Å². The van der Waals surface area contributed by atoms with Crippen LogP contribution in [-0.2, 0) is 6.61 Å². The Morgan fingerprint density at radius 3 is 2.41 bits per heavy atom. The Kier molecular flexibility index (Phi) is 5.01. The first-order valence-corrected chi connectivity index (χ1v) is 11.0. The molecule has 0 aliphatic heterocycles. The van der Waals surface area contributed by atoms with Crippen LogP contribution in [0.5, 0.6) is 5.75 Å². The maximum atomic E-state index is 6.51. The number of rotatable bonds is 6. The fourth-order valence-corrected chi connectivity index (χ4v) is 4.74. The summed E-state index contributed by atoms with van der Waals surface area (Å²) in [5, 5.41) is 6.15. The molecule has 150 valence electrons. The van der Waals surface area contributed by atoms with E-state index >= 15 is 0 Å². The highest BCUT2D eigenvalue weighted by Gasteiger charge is 2.36. The molecule has 2 aliphatic rings. The predicted octanol–water partition coefficient (Wildman–Crippen LogP) is 7.88. The summed E-state index contributed by atoms with van der Waals surface area (Å²) in [7, 11) is 0. The number of nitrogens with zero attached hydrogens (tertiary/aromatic N) is 1. The Hall–Kier alpha value is -1.68. The summed E-state index contributed by atoms with van der Waals surface area (Å²) in [6.45, 7) is 2.57. The van der Waals surface area contributed by atoms with Crippen LogP contribution >= 0.6 is 34.8 Å². The second-order valence-electron chi connectivity index (χ2n) is 8.04. The lowest BCUT2D eigenvalue weighted by atomic mass is 10.0. The fourth-order valence-electron chi connectivity index (χ4n) is 3.86. The molecule has 0 saturated heterocycles. The first kappa shape index (κ1) is 19.3. The normalized spacial score (nSPS) is 20.7. The number of aromatic nitrogens is 1. The molecule has 2 atom stereocenters. The summed E-state index contributed by atoms with van der Waals surface area (Å²) in [4.78, 5) is 0. The van der Waals surface area contributed by atoms with E-state index in [1.807, 2.05) is 18.2 Å². The largest absolute Gasteiger partial charge is 0.489 e. The summed E-state index contributed by atoms with van der Waals surface area (Å²) in [6, 6.07) is 11.4. The monoisotopic (exact) mass is 447 g/mol. The minimum absolute atomic E-state index is 0.321. The van der Waals surface area contributed by atoms with Gasteiger partial charge in [-0.2, -0.15) is 0 Å². The predicted molar refractivity (Wildman–Crippen MR) is 116 cm³/mol. The van der Waals surface area contributed by atoms with E-state index in [1.54, 1.807) is 12.1 Å². The summed E-state index contributed by atoms with van der Waals surface area (Å²) in [5.74, 6) is 3.26. The molecular weight excluding hydrogens is 429 g/mol. The highest BCUT2D eigenvalue weighted by molar-refractivity contribution is 6.39. The fraction of sp³-hybridized carbons (Fsp3) is 0.348. The molecule has 1 aromatic heterocycles. The van der Waals surface area contributed by atoms with E-state index in [1.165, 1.54) is 12.0 Å². The number of benzene rings is 2. The van der Waals surface area contributed by atoms with Gasteiger partial charge in [0.2, 0.25) is 0 Å². The first-order valence-electron chi connectivity index (χ1n) is 9.88. The zero-order chi connectivity index (χ0) is 20.1. The Morgan fingerprint density at radius 1 is 1.07 bits per heavy atom. The van der Waals surface area contributed by atoms with Crippen molar-refractivity contribution in [2.75, 3.05) is 0 Å². The molecule has 0 spiro atoms. The molecule has 1 heterocycles. The zero-order valence-corrected chi connectivity index (χ0v) is 18.2. The van der Waals surface area contributed by atoms with Crippen molar-refractivity contribution in [2.24, 2.45) is 5.92 Å². The maximum Gasteiger partial charge on any atom is 0.147 e. The first-order chi connectivity index (χ1) is 14.0. The minimum atomic E-state index is 0.321. The van der Waals surface area contributed by atoms with Gasteiger partial charge in [-0.25, -0.2) is 0 Å². The molecule has 0 radical (unpaired) electrons. The molecule has 2 aromatic carbocycles. The van der Waals surface area contributed by atoms with Gasteiger partial charge in [0.15, 0.2) is 0 Å². The SMILES string of the molecule is CC1CC1c1ccc(OCc2c(-c3c(Cl)cccc3Cl)noc2C2CC2)cc1Cl. The molecule has 3 nitrogen and oxygen atoms in total. The van der Waals surface area contributed by atoms with Crippen molar-refractivity contribution in [1.29, 1.82) is 0 Å². The molecule has 5 rings (SSSR count). The van der Waals surface area contributed by atoms with E-state index in [0.29, 0.717) is 45.7 Å². The van der Waals surface area contributed by atoms with Crippen LogP contribution in [0.1, 0.15) is 54.9 Å². The van der Waals surface area contributed by atoms with Crippen molar-refractivity contribution < 1.29 is 9.26 Å². The third kappa shape index (κ3) is 3.76. The van der Waals surface area contributed by atoms with Gasteiger partial charge < -0.3 is 9.26 Å². The van der Waals surface area contributed by atoms with Crippen LogP contribution in [0.2, 0.25) is 15.1 Å². The summed E-state index contributed by atoms with van der Waals surface area (Å²) in [5.41, 5.74) is 3.44. The lowest BCUT2D eigenvalue weighted by molar-refractivity contribution is 0.300. The molecule has 2 fully saturated rings. The van der Waals surface area contributed by atoms with Crippen molar-refractivity contribution in [3.8, 4) is 17.0 Å². The molecular formula is C23H20Cl3NO2. The van der Waals surface area contributed by atoms with E-state index in [9.17, 15) is 0 Å². The van der Waals surface area contributed by atoms with Crippen LogP contribution in [0.3, 0.4) is 0 Å². The van der Waals surface area contributed by atoms with Crippen molar-refractivity contribution in [1.82, 2.24) is 5.16 Å². The van der Waals surface area contributed by atoms with E-state index < -0.39 is 0 Å². The van der Waals surface area contributed by atoms with Gasteiger partial charge in [0.25, 0.3) is 0 Å². The molecule has 0 amide bonds. The summed E-state index contributed by atoms with van der Waals surface area (Å²) >= 11 is 19.3. The average molecular weight is 449 g/mol. The lowest BCUT2D eigenvalue weighted by Gasteiger charge is -2.11. The zero-order valence-electron chi connectivity index (χ0n) is 15.9. The van der Waals surface area contributed by atoms with Crippen molar-refractivity contribution in [2.45, 2.75) is 44.6 Å². The minimum Gasteiger partial charge on any atom is -0.489 e. The van der Waals surface area contributed by atoms with Crippen LogP contribution in [0.25, 0.3) is 11.3 Å². The smallest absolute Gasteiger partial charge is 0.147 e. The highest BCUT2D eigenvalue weighted by Crippen LogP contribution is 2.50. The van der Waals surface area contributed by atoms with Crippen LogP contribution in [-0.4, -0.2) is 5.16 Å². The Labute approximate surface area is 184 Å². The summed E-state index contributed by atoms with van der Waals surface area (Å²) < 4.78 is 11.8. The van der Waals surface area contributed by atoms with Crippen LogP contribution < -0.4 is 4.74 Å². The second kappa shape index (κ2) is 7.54. The van der Waals surface area contributed by atoms with Crippen LogP contribution in [0, 0.1) is 5.92 Å². The van der Waals surface area contributed by atoms with Gasteiger partial charge in [-0.05, 0) is 60.9 Å². The average Bonchev–Trinajstić information content (AvgIpc) is 3.61. The molecule has 6 heteroatoms. The van der Waals surface area contributed by atoms with E-state index in [4.69, 9.17) is 44.1 Å². The second-order valence-corrected chi connectivity index (χ2v) is 9.26. The van der Waals surface area contributed by atoms with Gasteiger partial charge in [0.1, 0.15) is 23.8 Å². The molecule has 2 unspecified atom stereocenters. The van der Waals surface area contributed by atoms with E-state index in [2.05, 4.69) is 18.1 Å². The van der Waals surface area contributed by atoms with Gasteiger partial charge in [-0.15, -0.1) is 0 Å². The molecule has 2 aliphatic carbocycles. The Bertz CT molecular complexity index is 1050. The van der Waals surface area contributed by atoms with Crippen LogP contribution in [0.15, 0.2) is 40.9 Å². The van der Waals surface area contributed by atoms with Gasteiger partial charge in [0.05, 0.1) is 15.6 Å². The van der Waals surface area contributed by atoms with Crippen LogP contribution in [0.4, 0.5) is 0 Å². The third-order valence-corrected chi connectivity index (χ3v) is 6.79. The molecule has 0 N–H and O–H groups in total. The summed E-state index contributed by atoms with van der Waals surface area (Å²) in [6.07, 6.45) is 3.39. The van der Waals surface area contributed by atoms with E-state index in [0.717, 1.165) is 34.9 Å². The molecule has 29 heavy (non-hydrogen) atoms. The van der Waals surface area contributed by atoms with Gasteiger partial charge in [-0.3, -0.25) is 0 Å². The van der Waals surface area contributed by atoms with Gasteiger partial charge in [-0.1, -0.05) is 59.0 Å². The standard InChI is InChI=1S/C23H20Cl3NO2/c1-12-9-16(12)15-8-7-14(10-20(15)26)28-11-17-22(27-29-23(17)13-5-6-13)21-18(24)3-2-4-19(21)25/h2-4,7-8,10,12-13,16H,5-6,9,11H2,1H3. The maximum absolute atomic E-state index is 6.51. The lowest BCUT2D eigenvalue weighted by Crippen LogP contribution is -2.00.